The Balaban J connectivity index is 1.73. The molecule has 1 aliphatic rings. The number of benzene rings is 1. The molecule has 5 nitrogen and oxygen atoms in total. The van der Waals surface area contributed by atoms with Gasteiger partial charge < -0.3 is 19.8 Å². The quantitative estimate of drug-likeness (QED) is 0.834. The van der Waals surface area contributed by atoms with Crippen molar-refractivity contribution >= 4 is 5.97 Å². The molecule has 21 heavy (non-hydrogen) atoms. The lowest BCUT2D eigenvalue weighted by atomic mass is 10.1. The van der Waals surface area contributed by atoms with Gasteiger partial charge >= 0.3 is 5.97 Å². The first-order valence-corrected chi connectivity index (χ1v) is 7.05. The second-order valence-electron chi connectivity index (χ2n) is 5.27. The molecule has 116 valence electrons. The lowest BCUT2D eigenvalue weighted by Crippen LogP contribution is -2.41. The van der Waals surface area contributed by atoms with Crippen LogP contribution in [0.25, 0.3) is 0 Å². The van der Waals surface area contributed by atoms with Crippen molar-refractivity contribution in [1.29, 1.82) is 0 Å². The average molecular weight is 297 g/mol. The molecule has 6 heteroatoms. The van der Waals surface area contributed by atoms with E-state index in [4.69, 9.17) is 9.84 Å². The zero-order chi connectivity index (χ0) is 15.2. The molecule has 1 unspecified atom stereocenters. The molecule has 1 aromatic carbocycles. The predicted molar refractivity (Wildman–Crippen MR) is 75.5 cm³/mol. The van der Waals surface area contributed by atoms with Gasteiger partial charge in [0.2, 0.25) is 0 Å². The van der Waals surface area contributed by atoms with Crippen molar-refractivity contribution in [2.75, 3.05) is 26.2 Å². The van der Waals surface area contributed by atoms with E-state index in [2.05, 4.69) is 0 Å². The lowest BCUT2D eigenvalue weighted by Gasteiger charge is -2.30. The Morgan fingerprint density at radius 3 is 2.52 bits per heavy atom. The number of carboxylic acids is 1. The van der Waals surface area contributed by atoms with Crippen LogP contribution in [0.15, 0.2) is 24.3 Å². The van der Waals surface area contributed by atoms with Gasteiger partial charge in [-0.2, -0.15) is 0 Å². The molecular weight excluding hydrogens is 277 g/mol. The average Bonchev–Trinajstić information content (AvgIpc) is 2.48. The van der Waals surface area contributed by atoms with Gasteiger partial charge in [-0.15, -0.1) is 0 Å². The lowest BCUT2D eigenvalue weighted by molar-refractivity contribution is 0.0507. The molecule has 1 aliphatic heterocycles. The smallest absolute Gasteiger partial charge is 0.335 e. The van der Waals surface area contributed by atoms with Crippen LogP contribution in [0.1, 0.15) is 23.2 Å². The number of alkyl halides is 1. The van der Waals surface area contributed by atoms with Gasteiger partial charge in [-0.1, -0.05) is 0 Å². The number of aliphatic hydroxyl groups is 1. The molecule has 0 aliphatic carbocycles. The molecule has 0 spiro atoms. The molecule has 1 aromatic rings. The number of aromatic carboxylic acids is 1. The fourth-order valence-electron chi connectivity index (χ4n) is 2.32. The first-order chi connectivity index (χ1) is 10.0. The number of hydrogen-bond acceptors (Lipinski definition) is 4. The van der Waals surface area contributed by atoms with Crippen LogP contribution in [0, 0.1) is 0 Å². The second kappa shape index (κ2) is 7.38. The molecule has 0 bridgehead atoms. The van der Waals surface area contributed by atoms with Gasteiger partial charge in [-0.05, 0) is 37.1 Å². The van der Waals surface area contributed by atoms with Crippen LogP contribution >= 0.6 is 0 Å². The van der Waals surface area contributed by atoms with Crippen LogP contribution in [0.4, 0.5) is 4.39 Å². The molecule has 1 saturated heterocycles. The summed E-state index contributed by atoms with van der Waals surface area (Å²) >= 11 is 0. The van der Waals surface area contributed by atoms with Crippen molar-refractivity contribution in [3.63, 3.8) is 0 Å². The van der Waals surface area contributed by atoms with Crippen LogP contribution in [0.2, 0.25) is 0 Å². The minimum atomic E-state index is -0.988. The van der Waals surface area contributed by atoms with Crippen LogP contribution in [-0.2, 0) is 0 Å². The monoisotopic (exact) mass is 297 g/mol. The number of ether oxygens (including phenoxy) is 1. The van der Waals surface area contributed by atoms with E-state index in [1.807, 2.05) is 4.90 Å². The Morgan fingerprint density at radius 2 is 1.95 bits per heavy atom. The van der Waals surface area contributed by atoms with E-state index in [0.29, 0.717) is 38.2 Å². The summed E-state index contributed by atoms with van der Waals surface area (Å²) in [5.74, 6) is -0.473. The van der Waals surface area contributed by atoms with Crippen LogP contribution in [0.5, 0.6) is 5.75 Å². The normalized spacial score (nSPS) is 18.4. The zero-order valence-corrected chi connectivity index (χ0v) is 11.7. The summed E-state index contributed by atoms with van der Waals surface area (Å²) in [7, 11) is 0. The second-order valence-corrected chi connectivity index (χ2v) is 5.27. The highest BCUT2D eigenvalue weighted by molar-refractivity contribution is 5.87. The Bertz CT molecular complexity index is 457. The van der Waals surface area contributed by atoms with Gasteiger partial charge in [0.15, 0.2) is 0 Å². The van der Waals surface area contributed by atoms with Crippen molar-refractivity contribution in [3.8, 4) is 5.75 Å². The molecule has 2 N–H and O–H groups in total. The molecule has 0 saturated carbocycles. The van der Waals surface area contributed by atoms with E-state index in [0.717, 1.165) is 0 Å². The zero-order valence-electron chi connectivity index (χ0n) is 11.7. The van der Waals surface area contributed by atoms with E-state index < -0.39 is 18.2 Å². The summed E-state index contributed by atoms with van der Waals surface area (Å²) in [5.41, 5.74) is 0.192. The highest BCUT2D eigenvalue weighted by Crippen LogP contribution is 2.15. The van der Waals surface area contributed by atoms with Crippen molar-refractivity contribution in [1.82, 2.24) is 4.90 Å². The summed E-state index contributed by atoms with van der Waals surface area (Å²) in [6, 6.07) is 6.03. The largest absolute Gasteiger partial charge is 0.491 e. The Kier molecular flexibility index (Phi) is 5.52. The highest BCUT2D eigenvalue weighted by Gasteiger charge is 2.20. The third-order valence-electron chi connectivity index (χ3n) is 3.53. The molecule has 2 rings (SSSR count). The maximum atomic E-state index is 13.0. The van der Waals surface area contributed by atoms with E-state index in [1.54, 1.807) is 12.1 Å². The van der Waals surface area contributed by atoms with Gasteiger partial charge in [-0.25, -0.2) is 9.18 Å². The van der Waals surface area contributed by atoms with Gasteiger partial charge in [-0.3, -0.25) is 0 Å². The number of hydrogen-bond donors (Lipinski definition) is 2. The Morgan fingerprint density at radius 1 is 1.33 bits per heavy atom. The Hall–Kier alpha value is -1.66. The third-order valence-corrected chi connectivity index (χ3v) is 3.53. The SMILES string of the molecule is O=C(O)c1ccc(OCC(O)CN2CCC(F)CC2)cc1. The number of carboxylic acid groups (broad SMARTS) is 1. The summed E-state index contributed by atoms with van der Waals surface area (Å²) in [4.78, 5) is 12.7. The topological polar surface area (TPSA) is 70.0 Å². The van der Waals surface area contributed by atoms with Crippen molar-refractivity contribution in [2.45, 2.75) is 25.1 Å². The van der Waals surface area contributed by atoms with E-state index in [1.165, 1.54) is 12.1 Å². The van der Waals surface area contributed by atoms with Crippen LogP contribution < -0.4 is 4.74 Å². The van der Waals surface area contributed by atoms with Crippen molar-refractivity contribution in [3.05, 3.63) is 29.8 Å². The predicted octanol–water partition coefficient (Wildman–Crippen LogP) is 1.56. The van der Waals surface area contributed by atoms with Crippen molar-refractivity contribution < 1.29 is 24.1 Å². The fourth-order valence-corrected chi connectivity index (χ4v) is 2.32. The fraction of sp³-hybridized carbons (Fsp3) is 0.533. The van der Waals surface area contributed by atoms with Crippen LogP contribution in [-0.4, -0.2) is 59.6 Å². The number of rotatable bonds is 6. The van der Waals surface area contributed by atoms with E-state index >= 15 is 0 Å². The first kappa shape index (κ1) is 15.7. The van der Waals surface area contributed by atoms with Gasteiger partial charge in [0, 0.05) is 19.6 Å². The van der Waals surface area contributed by atoms with Crippen LogP contribution in [0.3, 0.4) is 0 Å². The number of piperidine rings is 1. The number of halogens is 1. The summed E-state index contributed by atoms with van der Waals surface area (Å²) in [6.07, 6.45) is -0.336. The number of aliphatic hydroxyl groups excluding tert-OH is 1. The summed E-state index contributed by atoms with van der Waals surface area (Å²) in [6.45, 7) is 1.90. The maximum Gasteiger partial charge on any atom is 0.335 e. The van der Waals surface area contributed by atoms with Gasteiger partial charge in [0.05, 0.1) is 5.56 Å². The molecule has 1 heterocycles. The molecule has 1 fully saturated rings. The minimum absolute atomic E-state index is 0.127. The first-order valence-electron chi connectivity index (χ1n) is 7.05. The molecular formula is C15H20FNO4. The number of carbonyl (C=O) groups is 1. The molecule has 0 amide bonds. The highest BCUT2D eigenvalue weighted by atomic mass is 19.1. The summed E-state index contributed by atoms with van der Waals surface area (Å²) < 4.78 is 18.4. The standard InChI is InChI=1S/C15H20FNO4/c16-12-5-7-17(8-6-12)9-13(18)10-21-14-3-1-11(2-4-14)15(19)20/h1-4,12-13,18H,5-10H2,(H,19,20). The Labute approximate surface area is 122 Å². The molecule has 0 aromatic heterocycles. The van der Waals surface area contributed by atoms with Crippen molar-refractivity contribution in [2.24, 2.45) is 0 Å². The molecule has 1 atom stereocenters. The number of nitrogens with zero attached hydrogens (tertiary/aromatic N) is 1. The van der Waals surface area contributed by atoms with E-state index in [-0.39, 0.29) is 12.2 Å². The van der Waals surface area contributed by atoms with Gasteiger partial charge in [0.1, 0.15) is 24.6 Å². The number of β-amino-alcohol motifs (C(OH)–C–C–N with tert-alkyl or cyclic N) is 1. The molecule has 0 radical (unpaired) electrons. The van der Waals surface area contributed by atoms with Gasteiger partial charge in [0.25, 0.3) is 0 Å². The van der Waals surface area contributed by atoms with E-state index in [9.17, 15) is 14.3 Å². The summed E-state index contributed by atoms with van der Waals surface area (Å²) in [5, 5.41) is 18.7. The maximum absolute atomic E-state index is 13.0. The third kappa shape index (κ3) is 4.99. The minimum Gasteiger partial charge on any atom is -0.491 e. The number of likely N-dealkylation sites (tertiary alicyclic amines) is 1.